The lowest BCUT2D eigenvalue weighted by molar-refractivity contribution is 0.0498. The van der Waals surface area contributed by atoms with Crippen molar-refractivity contribution in [3.8, 4) is 0 Å². The fourth-order valence-corrected chi connectivity index (χ4v) is 2.31. The summed E-state index contributed by atoms with van der Waals surface area (Å²) >= 11 is 0. The number of fused-ring (bicyclic) bond motifs is 1. The lowest BCUT2D eigenvalue weighted by atomic mass is 9.93. The molecule has 1 aliphatic carbocycles. The highest BCUT2D eigenvalue weighted by atomic mass is 16.6. The van der Waals surface area contributed by atoms with Crippen LogP contribution in [0, 0.1) is 0 Å². The molecule has 0 spiro atoms. The second kappa shape index (κ2) is 4.63. The van der Waals surface area contributed by atoms with E-state index in [0.29, 0.717) is 0 Å². The van der Waals surface area contributed by atoms with Crippen molar-refractivity contribution in [2.75, 3.05) is 0 Å². The minimum atomic E-state index is -0.462. The van der Waals surface area contributed by atoms with Gasteiger partial charge in [-0.2, -0.15) is 5.10 Å². The monoisotopic (exact) mass is 251 g/mol. The van der Waals surface area contributed by atoms with E-state index in [1.54, 1.807) is 0 Å². The van der Waals surface area contributed by atoms with Gasteiger partial charge in [0.15, 0.2) is 0 Å². The second-order valence-corrected chi connectivity index (χ2v) is 5.76. The van der Waals surface area contributed by atoms with Gasteiger partial charge in [0.2, 0.25) is 0 Å². The number of ether oxygens (including phenoxy) is 1. The fraction of sp³-hybridized carbons (Fsp3) is 0.692. The Morgan fingerprint density at radius 2 is 2.28 bits per heavy atom. The molecule has 1 N–H and O–H groups in total. The molecule has 0 radical (unpaired) electrons. The van der Waals surface area contributed by atoms with E-state index >= 15 is 0 Å². The number of aryl methyl sites for hydroxylation is 1. The molecule has 1 amide bonds. The molecule has 5 heteroatoms. The molecular weight excluding hydrogens is 230 g/mol. The number of nitrogens with zero attached hydrogens (tertiary/aromatic N) is 2. The number of carbonyl (C=O) groups is 1. The third kappa shape index (κ3) is 2.83. The van der Waals surface area contributed by atoms with E-state index in [1.807, 2.05) is 38.7 Å². The van der Waals surface area contributed by atoms with Gasteiger partial charge in [0.25, 0.3) is 0 Å². The molecule has 0 aliphatic heterocycles. The number of hydrogen-bond donors (Lipinski definition) is 1. The summed E-state index contributed by atoms with van der Waals surface area (Å²) in [5, 5.41) is 7.19. The maximum Gasteiger partial charge on any atom is 0.408 e. The molecule has 1 unspecified atom stereocenters. The predicted octanol–water partition coefficient (Wildman–Crippen LogP) is 2.32. The molecule has 1 aromatic heterocycles. The quantitative estimate of drug-likeness (QED) is 0.833. The summed E-state index contributed by atoms with van der Waals surface area (Å²) in [7, 11) is 1.94. The number of carbonyl (C=O) groups excluding carboxylic acids is 1. The van der Waals surface area contributed by atoms with Crippen LogP contribution < -0.4 is 5.32 Å². The molecule has 0 bridgehead atoms. The highest BCUT2D eigenvalue weighted by molar-refractivity contribution is 5.68. The average molecular weight is 251 g/mol. The van der Waals surface area contributed by atoms with E-state index < -0.39 is 5.60 Å². The number of rotatable bonds is 1. The Labute approximate surface area is 108 Å². The highest BCUT2D eigenvalue weighted by Crippen LogP contribution is 2.29. The van der Waals surface area contributed by atoms with Gasteiger partial charge in [-0.3, -0.25) is 4.68 Å². The summed E-state index contributed by atoms with van der Waals surface area (Å²) in [4.78, 5) is 11.8. The first-order valence-electron chi connectivity index (χ1n) is 6.37. The summed E-state index contributed by atoms with van der Waals surface area (Å²) in [6.45, 7) is 5.59. The first kappa shape index (κ1) is 12.9. The van der Waals surface area contributed by atoms with Crippen LogP contribution in [0.25, 0.3) is 0 Å². The maximum atomic E-state index is 11.8. The van der Waals surface area contributed by atoms with Crippen LogP contribution in [0.2, 0.25) is 0 Å². The summed E-state index contributed by atoms with van der Waals surface area (Å²) in [5.41, 5.74) is 1.87. The molecule has 0 fully saturated rings. The van der Waals surface area contributed by atoms with Crippen molar-refractivity contribution < 1.29 is 9.53 Å². The molecule has 1 aliphatic rings. The number of alkyl carbamates (subject to hydrolysis) is 1. The number of nitrogens with one attached hydrogen (secondary N) is 1. The molecular formula is C13H21N3O2. The van der Waals surface area contributed by atoms with Crippen LogP contribution in [0.15, 0.2) is 6.20 Å². The minimum Gasteiger partial charge on any atom is -0.444 e. The van der Waals surface area contributed by atoms with Crippen LogP contribution in [-0.4, -0.2) is 21.5 Å². The molecule has 5 nitrogen and oxygen atoms in total. The summed E-state index contributed by atoms with van der Waals surface area (Å²) in [6, 6.07) is 0.0253. The Balaban J connectivity index is 2.05. The van der Waals surface area contributed by atoms with Gasteiger partial charge in [-0.15, -0.1) is 0 Å². The maximum absolute atomic E-state index is 11.8. The van der Waals surface area contributed by atoms with E-state index in [9.17, 15) is 4.79 Å². The summed E-state index contributed by atoms with van der Waals surface area (Å²) in [6.07, 6.45) is 4.52. The average Bonchev–Trinajstić information content (AvgIpc) is 2.59. The third-order valence-corrected chi connectivity index (χ3v) is 3.07. The number of amides is 1. The van der Waals surface area contributed by atoms with Gasteiger partial charge < -0.3 is 10.1 Å². The van der Waals surface area contributed by atoms with Gasteiger partial charge in [-0.1, -0.05) is 0 Å². The van der Waals surface area contributed by atoms with Crippen LogP contribution in [0.5, 0.6) is 0 Å². The van der Waals surface area contributed by atoms with Crippen molar-refractivity contribution in [1.82, 2.24) is 15.1 Å². The van der Waals surface area contributed by atoms with Gasteiger partial charge in [-0.25, -0.2) is 4.79 Å². The van der Waals surface area contributed by atoms with Gasteiger partial charge in [0.1, 0.15) is 5.60 Å². The van der Waals surface area contributed by atoms with Gasteiger partial charge in [0, 0.05) is 18.3 Å². The molecule has 0 aromatic carbocycles. The van der Waals surface area contributed by atoms with E-state index in [0.717, 1.165) is 24.8 Å². The highest BCUT2D eigenvalue weighted by Gasteiger charge is 2.26. The molecule has 18 heavy (non-hydrogen) atoms. The van der Waals surface area contributed by atoms with Crippen molar-refractivity contribution in [1.29, 1.82) is 0 Å². The minimum absolute atomic E-state index is 0.0253. The first-order valence-corrected chi connectivity index (χ1v) is 6.37. The first-order chi connectivity index (χ1) is 8.37. The van der Waals surface area contributed by atoms with Crippen molar-refractivity contribution in [3.05, 3.63) is 17.5 Å². The Morgan fingerprint density at radius 1 is 1.56 bits per heavy atom. The van der Waals surface area contributed by atoms with Crippen molar-refractivity contribution >= 4 is 6.09 Å². The SMILES string of the molecule is Cn1ncc2c1CCCC2NC(=O)OC(C)(C)C. The molecule has 0 saturated carbocycles. The molecule has 2 rings (SSSR count). The zero-order valence-corrected chi connectivity index (χ0v) is 11.5. The molecule has 100 valence electrons. The smallest absolute Gasteiger partial charge is 0.408 e. The fourth-order valence-electron chi connectivity index (χ4n) is 2.31. The standard InChI is InChI=1S/C13H21N3O2/c1-13(2,3)18-12(17)15-10-6-5-7-11-9(10)8-14-16(11)4/h8,10H,5-7H2,1-4H3,(H,15,17). The summed E-state index contributed by atoms with van der Waals surface area (Å²) < 4.78 is 7.17. The van der Waals surface area contributed by atoms with Gasteiger partial charge in [0.05, 0.1) is 12.2 Å². The topological polar surface area (TPSA) is 56.2 Å². The zero-order chi connectivity index (χ0) is 13.3. The summed E-state index contributed by atoms with van der Waals surface area (Å²) in [5.74, 6) is 0. The van der Waals surface area contributed by atoms with Crippen LogP contribution in [0.3, 0.4) is 0 Å². The van der Waals surface area contributed by atoms with Crippen molar-refractivity contribution in [2.45, 2.75) is 51.7 Å². The lowest BCUT2D eigenvalue weighted by Gasteiger charge is -2.26. The van der Waals surface area contributed by atoms with Crippen molar-refractivity contribution in [2.24, 2.45) is 7.05 Å². The van der Waals surface area contributed by atoms with Crippen LogP contribution in [0.4, 0.5) is 4.79 Å². The molecule has 0 saturated heterocycles. The molecule has 1 aromatic rings. The predicted molar refractivity (Wildman–Crippen MR) is 68.3 cm³/mol. The lowest BCUT2D eigenvalue weighted by Crippen LogP contribution is -2.36. The Morgan fingerprint density at radius 3 is 2.94 bits per heavy atom. The molecule has 1 atom stereocenters. The number of hydrogen-bond acceptors (Lipinski definition) is 3. The Bertz CT molecular complexity index is 446. The second-order valence-electron chi connectivity index (χ2n) is 5.76. The largest absolute Gasteiger partial charge is 0.444 e. The Hall–Kier alpha value is -1.52. The van der Waals surface area contributed by atoms with E-state index in [-0.39, 0.29) is 12.1 Å². The zero-order valence-electron chi connectivity index (χ0n) is 11.5. The van der Waals surface area contributed by atoms with E-state index in [4.69, 9.17) is 4.74 Å². The van der Waals surface area contributed by atoms with Crippen molar-refractivity contribution in [3.63, 3.8) is 0 Å². The van der Waals surface area contributed by atoms with Crippen LogP contribution in [0.1, 0.15) is 50.9 Å². The third-order valence-electron chi connectivity index (χ3n) is 3.07. The van der Waals surface area contributed by atoms with Crippen LogP contribution >= 0.6 is 0 Å². The van der Waals surface area contributed by atoms with Crippen LogP contribution in [-0.2, 0) is 18.2 Å². The number of aromatic nitrogens is 2. The Kier molecular flexibility index (Phi) is 3.32. The van der Waals surface area contributed by atoms with E-state index in [1.165, 1.54) is 5.69 Å². The normalized spacial score (nSPS) is 19.2. The van der Waals surface area contributed by atoms with E-state index in [2.05, 4.69) is 10.4 Å². The van der Waals surface area contributed by atoms with Gasteiger partial charge >= 0.3 is 6.09 Å². The van der Waals surface area contributed by atoms with Gasteiger partial charge in [-0.05, 0) is 40.0 Å². The molecule has 1 heterocycles.